The predicted molar refractivity (Wildman–Crippen MR) is 91.3 cm³/mol. The minimum absolute atomic E-state index is 0.146. The summed E-state index contributed by atoms with van der Waals surface area (Å²) in [4.78, 5) is 34.5. The summed E-state index contributed by atoms with van der Waals surface area (Å²) in [5.41, 5.74) is 3.67. The zero-order chi connectivity index (χ0) is 17.3. The van der Waals surface area contributed by atoms with Gasteiger partial charge in [-0.05, 0) is 44.4 Å². The highest BCUT2D eigenvalue weighted by atomic mass is 16.2. The van der Waals surface area contributed by atoms with Gasteiger partial charge in [-0.15, -0.1) is 0 Å². The van der Waals surface area contributed by atoms with Crippen molar-refractivity contribution in [1.29, 1.82) is 0 Å². The van der Waals surface area contributed by atoms with Gasteiger partial charge < -0.3 is 15.6 Å². The number of amidine groups is 2. The molecule has 0 aliphatic carbocycles. The molecule has 7 nitrogen and oxygen atoms in total. The standard InChI is InChI=1S/C16H21N5O2/c1-7-9(3)15(19-13(7)17-11(5)22)21-16-10(4)8(2)14(20-16)18-12(6)23/h19H,1-6H3,(H,17,22)(H,18,20,21,23). The highest BCUT2D eigenvalue weighted by Crippen LogP contribution is 2.29. The number of amides is 2. The predicted octanol–water partition coefficient (Wildman–Crippen LogP) is 2.50. The number of nitrogens with one attached hydrogen (secondary N) is 3. The van der Waals surface area contributed by atoms with Crippen LogP contribution in [0, 0.1) is 13.8 Å². The zero-order valence-corrected chi connectivity index (χ0v) is 14.2. The van der Waals surface area contributed by atoms with Crippen molar-refractivity contribution in [3.8, 4) is 0 Å². The van der Waals surface area contributed by atoms with E-state index in [1.807, 2.05) is 27.7 Å². The van der Waals surface area contributed by atoms with E-state index in [-0.39, 0.29) is 11.8 Å². The Morgan fingerprint density at radius 3 is 2.13 bits per heavy atom. The molecule has 0 spiro atoms. The molecular weight excluding hydrogens is 294 g/mol. The summed E-state index contributed by atoms with van der Waals surface area (Å²) in [5, 5.41) is 5.45. The Hall–Kier alpha value is -2.70. The molecule has 0 atom stereocenters. The van der Waals surface area contributed by atoms with E-state index in [0.717, 1.165) is 22.3 Å². The number of anilines is 1. The zero-order valence-electron chi connectivity index (χ0n) is 14.2. The molecule has 0 unspecified atom stereocenters. The first-order chi connectivity index (χ1) is 10.7. The second-order valence-electron chi connectivity index (χ2n) is 5.61. The molecule has 3 N–H and O–H groups in total. The van der Waals surface area contributed by atoms with Crippen molar-refractivity contribution in [3.05, 3.63) is 22.3 Å². The molecule has 1 aliphatic rings. The number of hydrogen-bond donors (Lipinski definition) is 3. The number of aliphatic imine (C=N–C) groups is 2. The minimum atomic E-state index is -0.169. The summed E-state index contributed by atoms with van der Waals surface area (Å²) in [7, 11) is 0. The van der Waals surface area contributed by atoms with Gasteiger partial charge >= 0.3 is 0 Å². The van der Waals surface area contributed by atoms with E-state index in [9.17, 15) is 9.59 Å². The molecule has 0 bridgehead atoms. The fourth-order valence-corrected chi connectivity index (χ4v) is 2.21. The number of aromatic amines is 1. The lowest BCUT2D eigenvalue weighted by atomic mass is 10.1. The Morgan fingerprint density at radius 1 is 0.957 bits per heavy atom. The maximum Gasteiger partial charge on any atom is 0.222 e. The van der Waals surface area contributed by atoms with Gasteiger partial charge in [-0.25, -0.2) is 9.98 Å². The summed E-state index contributed by atoms with van der Waals surface area (Å²) in [6, 6.07) is 0. The van der Waals surface area contributed by atoms with Crippen molar-refractivity contribution in [2.75, 3.05) is 5.32 Å². The highest BCUT2D eigenvalue weighted by Gasteiger charge is 2.20. The molecule has 0 saturated heterocycles. The molecule has 122 valence electrons. The molecule has 2 heterocycles. The molecule has 1 aromatic rings. The smallest absolute Gasteiger partial charge is 0.222 e. The molecule has 7 heteroatoms. The number of carbonyl (C=O) groups is 2. The summed E-state index contributed by atoms with van der Waals surface area (Å²) >= 11 is 0. The lowest BCUT2D eigenvalue weighted by molar-refractivity contribution is -0.117. The minimum Gasteiger partial charge on any atom is -0.326 e. The maximum absolute atomic E-state index is 11.2. The Kier molecular flexibility index (Phi) is 4.49. The number of nitrogens with zero attached hydrogens (tertiary/aromatic N) is 2. The SMILES string of the molecule is CC(=O)NC1=NC(=Nc2[nH]c(NC(C)=O)c(C)c2C)C(C)=C1C. The Bertz CT molecular complexity index is 781. The van der Waals surface area contributed by atoms with Gasteiger partial charge in [0, 0.05) is 19.4 Å². The van der Waals surface area contributed by atoms with Crippen LogP contribution in [-0.4, -0.2) is 28.5 Å². The third kappa shape index (κ3) is 3.39. The number of carbonyl (C=O) groups excluding carboxylic acids is 2. The number of aromatic nitrogens is 1. The molecule has 1 aromatic heterocycles. The molecular formula is C16H21N5O2. The molecule has 1 aliphatic heterocycles. The van der Waals surface area contributed by atoms with E-state index >= 15 is 0 Å². The van der Waals surface area contributed by atoms with Crippen molar-refractivity contribution in [2.45, 2.75) is 41.5 Å². The van der Waals surface area contributed by atoms with Gasteiger partial charge in [-0.1, -0.05) is 0 Å². The van der Waals surface area contributed by atoms with Crippen molar-refractivity contribution < 1.29 is 9.59 Å². The van der Waals surface area contributed by atoms with Crippen LogP contribution in [0.2, 0.25) is 0 Å². The molecule has 0 fully saturated rings. The Morgan fingerprint density at radius 2 is 1.57 bits per heavy atom. The van der Waals surface area contributed by atoms with Gasteiger partial charge in [0.2, 0.25) is 11.8 Å². The van der Waals surface area contributed by atoms with Gasteiger partial charge in [0.1, 0.15) is 17.5 Å². The normalized spacial score (nSPS) is 15.9. The molecule has 2 amide bonds. The molecule has 0 radical (unpaired) electrons. The van der Waals surface area contributed by atoms with E-state index in [1.54, 1.807) is 0 Å². The molecule has 23 heavy (non-hydrogen) atoms. The summed E-state index contributed by atoms with van der Waals surface area (Å²) in [6.45, 7) is 10.5. The van der Waals surface area contributed by atoms with Crippen LogP contribution in [0.25, 0.3) is 0 Å². The van der Waals surface area contributed by atoms with E-state index < -0.39 is 0 Å². The first kappa shape index (κ1) is 16.7. The fourth-order valence-electron chi connectivity index (χ4n) is 2.21. The summed E-state index contributed by atoms with van der Waals surface area (Å²) < 4.78 is 0. The lowest BCUT2D eigenvalue weighted by Crippen LogP contribution is -2.27. The van der Waals surface area contributed by atoms with Crippen LogP contribution in [0.1, 0.15) is 38.8 Å². The quantitative estimate of drug-likeness (QED) is 0.781. The van der Waals surface area contributed by atoms with Crippen molar-refractivity contribution in [3.63, 3.8) is 0 Å². The van der Waals surface area contributed by atoms with Gasteiger partial charge in [0.05, 0.1) is 0 Å². The van der Waals surface area contributed by atoms with Gasteiger partial charge in [-0.3, -0.25) is 9.59 Å². The third-order valence-electron chi connectivity index (χ3n) is 3.82. The van der Waals surface area contributed by atoms with E-state index in [2.05, 4.69) is 25.6 Å². The second-order valence-corrected chi connectivity index (χ2v) is 5.61. The van der Waals surface area contributed by atoms with Crippen LogP contribution < -0.4 is 10.6 Å². The molecule has 2 rings (SSSR count). The van der Waals surface area contributed by atoms with Crippen molar-refractivity contribution in [2.24, 2.45) is 9.98 Å². The second kappa shape index (κ2) is 6.20. The average molecular weight is 315 g/mol. The van der Waals surface area contributed by atoms with Crippen LogP contribution >= 0.6 is 0 Å². The van der Waals surface area contributed by atoms with E-state index in [1.165, 1.54) is 13.8 Å². The van der Waals surface area contributed by atoms with Gasteiger partial charge in [0.25, 0.3) is 0 Å². The maximum atomic E-state index is 11.2. The number of H-pyrrole nitrogens is 1. The lowest BCUT2D eigenvalue weighted by Gasteiger charge is -2.00. The first-order valence-corrected chi connectivity index (χ1v) is 7.30. The van der Waals surface area contributed by atoms with Crippen LogP contribution in [0.5, 0.6) is 0 Å². The topological polar surface area (TPSA) is 98.7 Å². The fraction of sp³-hybridized carbons (Fsp3) is 0.375. The monoisotopic (exact) mass is 315 g/mol. The average Bonchev–Trinajstić information content (AvgIpc) is 2.85. The summed E-state index contributed by atoms with van der Waals surface area (Å²) in [6.07, 6.45) is 0. The molecule has 0 aromatic carbocycles. The number of rotatable bonds is 2. The Labute approximate surface area is 135 Å². The van der Waals surface area contributed by atoms with Crippen molar-refractivity contribution in [1.82, 2.24) is 10.3 Å². The van der Waals surface area contributed by atoms with Crippen molar-refractivity contribution >= 4 is 35.1 Å². The van der Waals surface area contributed by atoms with Crippen LogP contribution in [0.15, 0.2) is 21.1 Å². The van der Waals surface area contributed by atoms with Crippen LogP contribution in [-0.2, 0) is 9.59 Å². The number of hydrogen-bond acceptors (Lipinski definition) is 3. The largest absolute Gasteiger partial charge is 0.326 e. The van der Waals surface area contributed by atoms with E-state index in [4.69, 9.17) is 0 Å². The van der Waals surface area contributed by atoms with Crippen LogP contribution in [0.4, 0.5) is 11.6 Å². The van der Waals surface area contributed by atoms with E-state index in [0.29, 0.717) is 23.3 Å². The first-order valence-electron chi connectivity index (χ1n) is 7.30. The van der Waals surface area contributed by atoms with Crippen LogP contribution in [0.3, 0.4) is 0 Å². The van der Waals surface area contributed by atoms with Gasteiger partial charge in [0.15, 0.2) is 5.84 Å². The molecule has 0 saturated carbocycles. The highest BCUT2D eigenvalue weighted by molar-refractivity contribution is 6.23. The summed E-state index contributed by atoms with van der Waals surface area (Å²) in [5.74, 6) is 2.03. The van der Waals surface area contributed by atoms with Gasteiger partial charge in [-0.2, -0.15) is 0 Å². The Balaban J connectivity index is 2.41. The third-order valence-corrected chi connectivity index (χ3v) is 3.82.